The first-order chi connectivity index (χ1) is 15.1. The van der Waals surface area contributed by atoms with Crippen molar-refractivity contribution in [2.45, 2.75) is 59.2 Å². The molecule has 0 aliphatic carbocycles. The van der Waals surface area contributed by atoms with Crippen LogP contribution in [-0.4, -0.2) is 72.1 Å². The molecule has 1 aliphatic heterocycles. The van der Waals surface area contributed by atoms with Crippen LogP contribution < -0.4 is 4.90 Å². The maximum atomic E-state index is 12.5. The SMILES string of the molecule is CCn1ncc(-c2nc3c(N(C)C4CCN(C(=O)OC(C)(C)C)C4)ncnc3n2C)c1C. The molecule has 1 atom stereocenters. The van der Waals surface area contributed by atoms with Crippen molar-refractivity contribution < 1.29 is 9.53 Å². The molecule has 0 aromatic carbocycles. The average Bonchev–Trinajstić information content (AvgIpc) is 3.44. The highest BCUT2D eigenvalue weighted by atomic mass is 16.6. The zero-order valence-corrected chi connectivity index (χ0v) is 20.0. The Labute approximate surface area is 188 Å². The van der Waals surface area contributed by atoms with E-state index in [0.29, 0.717) is 13.1 Å². The van der Waals surface area contributed by atoms with Crippen LogP contribution in [0.3, 0.4) is 0 Å². The fraction of sp³-hybridized carbons (Fsp3) is 0.591. The topological polar surface area (TPSA) is 94.2 Å². The van der Waals surface area contributed by atoms with Gasteiger partial charge < -0.3 is 19.1 Å². The van der Waals surface area contributed by atoms with Crippen molar-refractivity contribution in [3.8, 4) is 11.4 Å². The lowest BCUT2D eigenvalue weighted by molar-refractivity contribution is 0.0292. The molecule has 0 radical (unpaired) electrons. The number of aromatic nitrogens is 6. The number of likely N-dealkylation sites (N-methyl/N-ethyl adjacent to an activating group) is 1. The number of likely N-dealkylation sites (tertiary alicyclic amines) is 1. The van der Waals surface area contributed by atoms with Gasteiger partial charge in [0.15, 0.2) is 17.0 Å². The highest BCUT2D eigenvalue weighted by molar-refractivity contribution is 5.87. The van der Waals surface area contributed by atoms with E-state index in [4.69, 9.17) is 9.72 Å². The molecule has 0 bridgehead atoms. The highest BCUT2D eigenvalue weighted by Crippen LogP contribution is 2.31. The first-order valence-corrected chi connectivity index (χ1v) is 11.0. The normalized spacial score (nSPS) is 16.7. The largest absolute Gasteiger partial charge is 0.444 e. The van der Waals surface area contributed by atoms with Crippen molar-refractivity contribution in [3.63, 3.8) is 0 Å². The van der Waals surface area contributed by atoms with Crippen molar-refractivity contribution >= 4 is 23.1 Å². The molecule has 0 spiro atoms. The average molecular weight is 441 g/mol. The molecule has 1 amide bonds. The van der Waals surface area contributed by atoms with Gasteiger partial charge in [0.2, 0.25) is 0 Å². The van der Waals surface area contributed by atoms with Gasteiger partial charge in [0, 0.05) is 45.5 Å². The maximum Gasteiger partial charge on any atom is 0.410 e. The molecular weight excluding hydrogens is 408 g/mol. The van der Waals surface area contributed by atoms with Crippen LogP contribution >= 0.6 is 0 Å². The van der Waals surface area contributed by atoms with Gasteiger partial charge in [-0.25, -0.2) is 19.7 Å². The lowest BCUT2D eigenvalue weighted by Gasteiger charge is -2.27. The minimum atomic E-state index is -0.506. The predicted molar refractivity (Wildman–Crippen MR) is 123 cm³/mol. The van der Waals surface area contributed by atoms with Gasteiger partial charge in [-0.2, -0.15) is 5.10 Å². The van der Waals surface area contributed by atoms with Crippen LogP contribution in [0.5, 0.6) is 0 Å². The van der Waals surface area contributed by atoms with E-state index in [2.05, 4.69) is 26.9 Å². The van der Waals surface area contributed by atoms with Crippen molar-refractivity contribution in [1.82, 2.24) is 34.2 Å². The summed E-state index contributed by atoms with van der Waals surface area (Å²) >= 11 is 0. The Hall–Kier alpha value is -3.17. The lowest BCUT2D eigenvalue weighted by Crippen LogP contribution is -2.39. The molecule has 32 heavy (non-hydrogen) atoms. The molecule has 1 fully saturated rings. The van der Waals surface area contributed by atoms with Crippen LogP contribution in [0, 0.1) is 6.92 Å². The first-order valence-electron chi connectivity index (χ1n) is 11.0. The molecule has 3 aromatic rings. The highest BCUT2D eigenvalue weighted by Gasteiger charge is 2.33. The number of nitrogens with zero attached hydrogens (tertiary/aromatic N) is 8. The lowest BCUT2D eigenvalue weighted by atomic mass is 10.2. The predicted octanol–water partition coefficient (Wildman–Crippen LogP) is 3.00. The van der Waals surface area contributed by atoms with E-state index in [1.54, 1.807) is 11.2 Å². The molecule has 172 valence electrons. The summed E-state index contributed by atoms with van der Waals surface area (Å²) in [6.07, 6.45) is 3.99. The van der Waals surface area contributed by atoms with Gasteiger partial charge in [-0.3, -0.25) is 4.68 Å². The van der Waals surface area contributed by atoms with Gasteiger partial charge in [0.1, 0.15) is 17.8 Å². The fourth-order valence-electron chi connectivity index (χ4n) is 4.19. The first kappa shape index (κ1) is 22.0. The van der Waals surface area contributed by atoms with Gasteiger partial charge >= 0.3 is 6.09 Å². The van der Waals surface area contributed by atoms with E-state index in [0.717, 1.165) is 47.0 Å². The molecule has 3 aromatic heterocycles. The Morgan fingerprint density at radius 1 is 1.31 bits per heavy atom. The van der Waals surface area contributed by atoms with Crippen molar-refractivity contribution in [1.29, 1.82) is 0 Å². The third-order valence-corrected chi connectivity index (χ3v) is 5.98. The van der Waals surface area contributed by atoms with Crippen LogP contribution in [0.1, 0.15) is 39.8 Å². The molecule has 4 heterocycles. The second-order valence-corrected chi connectivity index (χ2v) is 9.30. The summed E-state index contributed by atoms with van der Waals surface area (Å²) in [4.78, 5) is 30.3. The molecule has 4 rings (SSSR count). The van der Waals surface area contributed by atoms with Gasteiger partial charge in [0.25, 0.3) is 0 Å². The Morgan fingerprint density at radius 2 is 2.06 bits per heavy atom. The van der Waals surface area contributed by atoms with E-state index >= 15 is 0 Å². The van der Waals surface area contributed by atoms with E-state index in [1.165, 1.54) is 0 Å². The minimum Gasteiger partial charge on any atom is -0.444 e. The smallest absolute Gasteiger partial charge is 0.410 e. The quantitative estimate of drug-likeness (QED) is 0.615. The summed E-state index contributed by atoms with van der Waals surface area (Å²) in [6.45, 7) is 11.8. The number of hydrogen-bond acceptors (Lipinski definition) is 7. The third-order valence-electron chi connectivity index (χ3n) is 5.98. The van der Waals surface area contributed by atoms with Crippen molar-refractivity contribution in [2.75, 3.05) is 25.0 Å². The van der Waals surface area contributed by atoms with Gasteiger partial charge in [-0.1, -0.05) is 0 Å². The Bertz CT molecular complexity index is 1140. The zero-order chi connectivity index (χ0) is 23.2. The maximum absolute atomic E-state index is 12.5. The molecular formula is C22H32N8O2. The number of aryl methyl sites for hydroxylation is 2. The number of carbonyl (C=O) groups is 1. The third kappa shape index (κ3) is 3.89. The Balaban J connectivity index is 1.62. The Kier molecular flexibility index (Phi) is 5.56. The van der Waals surface area contributed by atoms with E-state index < -0.39 is 5.60 Å². The standard InChI is InChI=1S/C22H32N8O2/c1-8-30-14(2)16(11-25-30)18-26-17-19(23-13-24-20(17)28(18)7)27(6)15-9-10-29(12-15)21(31)32-22(3,4)5/h11,13,15H,8-10,12H2,1-7H3. The number of hydrogen-bond donors (Lipinski definition) is 0. The van der Waals surface area contributed by atoms with Crippen molar-refractivity contribution in [3.05, 3.63) is 18.2 Å². The number of rotatable bonds is 4. The molecule has 1 aliphatic rings. The van der Waals surface area contributed by atoms with Crippen LogP contribution in [0.2, 0.25) is 0 Å². The van der Waals surface area contributed by atoms with Gasteiger partial charge in [-0.15, -0.1) is 0 Å². The van der Waals surface area contributed by atoms with Gasteiger partial charge in [0.05, 0.1) is 11.8 Å². The zero-order valence-electron chi connectivity index (χ0n) is 20.0. The monoisotopic (exact) mass is 440 g/mol. The van der Waals surface area contributed by atoms with E-state index in [1.807, 2.05) is 57.2 Å². The second kappa shape index (κ2) is 8.07. The summed E-state index contributed by atoms with van der Waals surface area (Å²) in [5, 5.41) is 4.46. The molecule has 10 heteroatoms. The molecule has 10 nitrogen and oxygen atoms in total. The number of fused-ring (bicyclic) bond motifs is 1. The Morgan fingerprint density at radius 3 is 2.72 bits per heavy atom. The summed E-state index contributed by atoms with van der Waals surface area (Å²) in [6, 6.07) is 0.121. The molecule has 0 N–H and O–H groups in total. The summed E-state index contributed by atoms with van der Waals surface area (Å²) in [5.41, 5.74) is 3.05. The minimum absolute atomic E-state index is 0.121. The fourth-order valence-corrected chi connectivity index (χ4v) is 4.19. The van der Waals surface area contributed by atoms with Crippen LogP contribution in [0.25, 0.3) is 22.6 Å². The number of amides is 1. The van der Waals surface area contributed by atoms with Crippen LogP contribution in [0.4, 0.5) is 10.6 Å². The molecule has 1 saturated heterocycles. The van der Waals surface area contributed by atoms with Gasteiger partial charge in [-0.05, 0) is 41.0 Å². The number of imidazole rings is 1. The summed E-state index contributed by atoms with van der Waals surface area (Å²) < 4.78 is 9.48. The summed E-state index contributed by atoms with van der Waals surface area (Å²) in [7, 11) is 3.96. The van der Waals surface area contributed by atoms with Crippen molar-refractivity contribution in [2.24, 2.45) is 7.05 Å². The van der Waals surface area contributed by atoms with E-state index in [-0.39, 0.29) is 12.1 Å². The van der Waals surface area contributed by atoms with Crippen LogP contribution in [-0.2, 0) is 18.3 Å². The molecule has 1 unspecified atom stereocenters. The van der Waals surface area contributed by atoms with Crippen LogP contribution in [0.15, 0.2) is 12.5 Å². The second-order valence-electron chi connectivity index (χ2n) is 9.30. The number of anilines is 1. The van der Waals surface area contributed by atoms with E-state index in [9.17, 15) is 4.79 Å². The summed E-state index contributed by atoms with van der Waals surface area (Å²) in [5.74, 6) is 1.57. The number of ether oxygens (including phenoxy) is 1. The number of carbonyl (C=O) groups excluding carboxylic acids is 1. The molecule has 0 saturated carbocycles.